The maximum atomic E-state index is 5.69. The standard InChI is InChI=1S/C16H24BrNO2S/c1-5-7-18-15-13(6-2)21-9-10-12(19-3)8-11(17)16(20-4)14(10)15/h8,13,15,18H,5-7,9H2,1-4H3. The van der Waals surface area contributed by atoms with Crippen molar-refractivity contribution in [2.75, 3.05) is 20.8 Å². The second-order valence-electron chi connectivity index (χ2n) is 5.18. The fourth-order valence-corrected chi connectivity index (χ4v) is 4.82. The molecule has 0 aliphatic carbocycles. The van der Waals surface area contributed by atoms with Gasteiger partial charge in [0.15, 0.2) is 0 Å². The van der Waals surface area contributed by atoms with Gasteiger partial charge < -0.3 is 14.8 Å². The molecule has 0 amide bonds. The molecular formula is C16H24BrNO2S. The van der Waals surface area contributed by atoms with Gasteiger partial charge in [0.1, 0.15) is 11.5 Å². The Labute approximate surface area is 140 Å². The van der Waals surface area contributed by atoms with Crippen LogP contribution in [0, 0.1) is 0 Å². The summed E-state index contributed by atoms with van der Waals surface area (Å²) in [5.41, 5.74) is 2.53. The van der Waals surface area contributed by atoms with E-state index >= 15 is 0 Å². The average molecular weight is 374 g/mol. The smallest absolute Gasteiger partial charge is 0.138 e. The average Bonchev–Trinajstić information content (AvgIpc) is 2.51. The van der Waals surface area contributed by atoms with Gasteiger partial charge in [-0.05, 0) is 41.4 Å². The molecule has 1 aromatic carbocycles. The lowest BCUT2D eigenvalue weighted by atomic mass is 9.94. The van der Waals surface area contributed by atoms with E-state index < -0.39 is 0 Å². The molecular weight excluding hydrogens is 350 g/mol. The Morgan fingerprint density at radius 2 is 2.10 bits per heavy atom. The second-order valence-corrected chi connectivity index (χ2v) is 7.26. The number of benzene rings is 1. The molecule has 1 aliphatic heterocycles. The molecule has 0 saturated heterocycles. The van der Waals surface area contributed by atoms with Crippen molar-refractivity contribution < 1.29 is 9.47 Å². The van der Waals surface area contributed by atoms with E-state index in [1.54, 1.807) is 14.2 Å². The summed E-state index contributed by atoms with van der Waals surface area (Å²) in [5, 5.41) is 4.27. The SMILES string of the molecule is CCCNC1c2c(c(OC)cc(Br)c2OC)CSC1CC. The fourth-order valence-electron chi connectivity index (χ4n) is 2.89. The van der Waals surface area contributed by atoms with Gasteiger partial charge in [-0.2, -0.15) is 11.8 Å². The Morgan fingerprint density at radius 1 is 1.33 bits per heavy atom. The van der Waals surface area contributed by atoms with Crippen molar-refractivity contribution >= 4 is 27.7 Å². The Morgan fingerprint density at radius 3 is 2.67 bits per heavy atom. The summed E-state index contributed by atoms with van der Waals surface area (Å²) in [6.45, 7) is 5.47. The second kappa shape index (κ2) is 7.75. The van der Waals surface area contributed by atoms with Crippen LogP contribution >= 0.6 is 27.7 Å². The monoisotopic (exact) mass is 373 g/mol. The van der Waals surface area contributed by atoms with E-state index in [4.69, 9.17) is 9.47 Å². The Balaban J connectivity index is 2.55. The summed E-state index contributed by atoms with van der Waals surface area (Å²) >= 11 is 5.63. The first-order valence-electron chi connectivity index (χ1n) is 7.46. The van der Waals surface area contributed by atoms with Gasteiger partial charge in [-0.25, -0.2) is 0 Å². The number of fused-ring (bicyclic) bond motifs is 1. The highest BCUT2D eigenvalue weighted by Gasteiger charge is 2.34. The van der Waals surface area contributed by atoms with Crippen molar-refractivity contribution in [3.05, 3.63) is 21.7 Å². The van der Waals surface area contributed by atoms with Crippen molar-refractivity contribution in [3.8, 4) is 11.5 Å². The molecule has 1 heterocycles. The van der Waals surface area contributed by atoms with Crippen LogP contribution in [-0.2, 0) is 5.75 Å². The molecule has 2 atom stereocenters. The van der Waals surface area contributed by atoms with E-state index in [1.165, 1.54) is 11.1 Å². The number of hydrogen-bond acceptors (Lipinski definition) is 4. The molecule has 118 valence electrons. The van der Waals surface area contributed by atoms with Crippen molar-refractivity contribution in [2.24, 2.45) is 0 Å². The normalized spacial score (nSPS) is 21.0. The van der Waals surface area contributed by atoms with Gasteiger partial charge in [0.2, 0.25) is 0 Å². The molecule has 3 nitrogen and oxygen atoms in total. The van der Waals surface area contributed by atoms with Gasteiger partial charge in [-0.15, -0.1) is 0 Å². The fraction of sp³-hybridized carbons (Fsp3) is 0.625. The molecule has 0 radical (unpaired) electrons. The Hall–Kier alpha value is -0.390. The molecule has 0 saturated carbocycles. The molecule has 1 aliphatic rings. The Bertz CT molecular complexity index is 496. The number of halogens is 1. The number of rotatable bonds is 6. The molecule has 1 aromatic rings. The van der Waals surface area contributed by atoms with E-state index in [9.17, 15) is 0 Å². The minimum atomic E-state index is 0.310. The highest BCUT2D eigenvalue weighted by molar-refractivity contribution is 9.10. The van der Waals surface area contributed by atoms with Gasteiger partial charge in [0.25, 0.3) is 0 Å². The number of thioether (sulfide) groups is 1. The third-order valence-corrected chi connectivity index (χ3v) is 5.99. The van der Waals surface area contributed by atoms with Gasteiger partial charge in [-0.1, -0.05) is 13.8 Å². The summed E-state index contributed by atoms with van der Waals surface area (Å²) in [5.74, 6) is 2.87. The lowest BCUT2D eigenvalue weighted by molar-refractivity contribution is 0.379. The van der Waals surface area contributed by atoms with Gasteiger partial charge in [0.05, 0.1) is 18.7 Å². The minimum absolute atomic E-state index is 0.310. The van der Waals surface area contributed by atoms with Crippen LogP contribution in [-0.4, -0.2) is 26.0 Å². The number of methoxy groups -OCH3 is 2. The topological polar surface area (TPSA) is 30.5 Å². The van der Waals surface area contributed by atoms with Crippen LogP contribution in [0.15, 0.2) is 10.5 Å². The van der Waals surface area contributed by atoms with Crippen molar-refractivity contribution in [1.82, 2.24) is 5.32 Å². The van der Waals surface area contributed by atoms with Crippen LogP contribution in [0.3, 0.4) is 0 Å². The van der Waals surface area contributed by atoms with Gasteiger partial charge in [0, 0.05) is 28.2 Å². The molecule has 5 heteroatoms. The lowest BCUT2D eigenvalue weighted by Crippen LogP contribution is -2.34. The van der Waals surface area contributed by atoms with Crippen molar-refractivity contribution in [2.45, 2.75) is 43.7 Å². The van der Waals surface area contributed by atoms with E-state index in [1.807, 2.05) is 17.8 Å². The maximum absolute atomic E-state index is 5.69. The molecule has 0 aromatic heterocycles. The molecule has 0 bridgehead atoms. The zero-order chi connectivity index (χ0) is 15.4. The predicted molar refractivity (Wildman–Crippen MR) is 93.7 cm³/mol. The van der Waals surface area contributed by atoms with Crippen LogP contribution < -0.4 is 14.8 Å². The molecule has 0 fully saturated rings. The highest BCUT2D eigenvalue weighted by Crippen LogP contribution is 2.49. The summed E-state index contributed by atoms with van der Waals surface area (Å²) in [6.07, 6.45) is 2.27. The van der Waals surface area contributed by atoms with Crippen LogP contribution in [0.2, 0.25) is 0 Å². The van der Waals surface area contributed by atoms with E-state index in [0.29, 0.717) is 11.3 Å². The molecule has 2 unspecified atom stereocenters. The lowest BCUT2D eigenvalue weighted by Gasteiger charge is -2.35. The minimum Gasteiger partial charge on any atom is -0.496 e. The van der Waals surface area contributed by atoms with Crippen LogP contribution in [0.5, 0.6) is 11.5 Å². The number of ether oxygens (including phenoxy) is 2. The number of hydrogen-bond donors (Lipinski definition) is 1. The first-order valence-corrected chi connectivity index (χ1v) is 9.30. The third-order valence-electron chi connectivity index (χ3n) is 3.91. The molecule has 0 spiro atoms. The molecule has 1 N–H and O–H groups in total. The summed E-state index contributed by atoms with van der Waals surface area (Å²) in [6, 6.07) is 2.33. The first kappa shape index (κ1) is 17.0. The summed E-state index contributed by atoms with van der Waals surface area (Å²) in [4.78, 5) is 0. The zero-order valence-corrected chi connectivity index (χ0v) is 15.6. The zero-order valence-electron chi connectivity index (χ0n) is 13.2. The predicted octanol–water partition coefficient (Wildman–Crippen LogP) is 4.53. The number of nitrogens with one attached hydrogen (secondary N) is 1. The van der Waals surface area contributed by atoms with Crippen LogP contribution in [0.25, 0.3) is 0 Å². The van der Waals surface area contributed by atoms with Gasteiger partial charge >= 0.3 is 0 Å². The quantitative estimate of drug-likeness (QED) is 0.792. The third kappa shape index (κ3) is 3.35. The van der Waals surface area contributed by atoms with Crippen LogP contribution in [0.1, 0.15) is 43.9 Å². The van der Waals surface area contributed by atoms with E-state index in [0.717, 1.165) is 41.1 Å². The first-order chi connectivity index (χ1) is 10.2. The Kier molecular flexibility index (Phi) is 6.26. The van der Waals surface area contributed by atoms with E-state index in [-0.39, 0.29) is 0 Å². The molecule has 2 rings (SSSR count). The van der Waals surface area contributed by atoms with Crippen molar-refractivity contribution in [3.63, 3.8) is 0 Å². The maximum Gasteiger partial charge on any atom is 0.138 e. The van der Waals surface area contributed by atoms with Crippen molar-refractivity contribution in [1.29, 1.82) is 0 Å². The van der Waals surface area contributed by atoms with Gasteiger partial charge in [-0.3, -0.25) is 0 Å². The van der Waals surface area contributed by atoms with Crippen LogP contribution in [0.4, 0.5) is 0 Å². The highest BCUT2D eigenvalue weighted by atomic mass is 79.9. The molecule has 21 heavy (non-hydrogen) atoms. The largest absolute Gasteiger partial charge is 0.496 e. The van der Waals surface area contributed by atoms with E-state index in [2.05, 4.69) is 35.1 Å². The summed E-state index contributed by atoms with van der Waals surface area (Å²) in [7, 11) is 3.48. The summed E-state index contributed by atoms with van der Waals surface area (Å²) < 4.78 is 12.2.